The van der Waals surface area contributed by atoms with Crippen molar-refractivity contribution in [1.82, 2.24) is 4.98 Å². The summed E-state index contributed by atoms with van der Waals surface area (Å²) < 4.78 is 0. The SMILES string of the molecule is Clc1cnc(-c2c(Cl)ccc(Cl)c2Cl)c(Cl)c1. The van der Waals surface area contributed by atoms with Crippen LogP contribution in [0.15, 0.2) is 24.4 Å². The summed E-state index contributed by atoms with van der Waals surface area (Å²) in [5.41, 5.74) is 0.955. The first kappa shape index (κ1) is 13.3. The Bertz CT molecular complexity index is 582. The fourth-order valence-electron chi connectivity index (χ4n) is 1.34. The monoisotopic (exact) mass is 325 g/mol. The molecule has 0 N–H and O–H groups in total. The van der Waals surface area contributed by atoms with E-state index in [-0.39, 0.29) is 0 Å². The Labute approximate surface area is 123 Å². The van der Waals surface area contributed by atoms with Gasteiger partial charge in [0.15, 0.2) is 0 Å². The zero-order valence-corrected chi connectivity index (χ0v) is 11.9. The number of halogens is 5. The van der Waals surface area contributed by atoms with Crippen molar-refractivity contribution in [2.45, 2.75) is 0 Å². The molecule has 17 heavy (non-hydrogen) atoms. The van der Waals surface area contributed by atoms with Crippen molar-refractivity contribution < 1.29 is 0 Å². The number of aromatic nitrogens is 1. The highest BCUT2D eigenvalue weighted by molar-refractivity contribution is 6.46. The van der Waals surface area contributed by atoms with Gasteiger partial charge in [0, 0.05) is 11.8 Å². The van der Waals surface area contributed by atoms with Crippen LogP contribution in [0.3, 0.4) is 0 Å². The van der Waals surface area contributed by atoms with Crippen molar-refractivity contribution in [2.24, 2.45) is 0 Å². The van der Waals surface area contributed by atoms with Gasteiger partial charge in [-0.1, -0.05) is 58.0 Å². The molecule has 1 aromatic carbocycles. The maximum Gasteiger partial charge on any atom is 0.0919 e. The number of rotatable bonds is 1. The second-order valence-corrected chi connectivity index (χ2v) is 5.24. The van der Waals surface area contributed by atoms with E-state index in [0.29, 0.717) is 36.4 Å². The van der Waals surface area contributed by atoms with Crippen LogP contribution in [-0.2, 0) is 0 Å². The molecule has 1 heterocycles. The molecule has 1 nitrogen and oxygen atoms in total. The third kappa shape index (κ3) is 2.64. The Morgan fingerprint density at radius 2 is 1.47 bits per heavy atom. The maximum atomic E-state index is 6.10. The normalized spacial score (nSPS) is 10.6. The molecule has 0 spiro atoms. The quantitative estimate of drug-likeness (QED) is 0.584. The van der Waals surface area contributed by atoms with Crippen LogP contribution in [0.4, 0.5) is 0 Å². The topological polar surface area (TPSA) is 12.9 Å². The summed E-state index contributed by atoms with van der Waals surface area (Å²) in [6.45, 7) is 0. The lowest BCUT2D eigenvalue weighted by atomic mass is 10.1. The molecular weight excluding hydrogens is 323 g/mol. The largest absolute Gasteiger partial charge is 0.253 e. The number of benzene rings is 1. The van der Waals surface area contributed by atoms with Gasteiger partial charge < -0.3 is 0 Å². The molecule has 0 aliphatic carbocycles. The van der Waals surface area contributed by atoms with Crippen LogP contribution in [-0.4, -0.2) is 4.98 Å². The van der Waals surface area contributed by atoms with Crippen molar-refractivity contribution in [3.8, 4) is 11.3 Å². The summed E-state index contributed by atoms with van der Waals surface area (Å²) in [4.78, 5) is 4.12. The molecule has 0 aliphatic rings. The van der Waals surface area contributed by atoms with Crippen molar-refractivity contribution >= 4 is 58.0 Å². The Morgan fingerprint density at radius 3 is 2.12 bits per heavy atom. The summed E-state index contributed by atoms with van der Waals surface area (Å²) in [5, 5.41) is 1.93. The van der Waals surface area contributed by atoms with Gasteiger partial charge in [-0.15, -0.1) is 0 Å². The minimum absolute atomic E-state index is 0.316. The Hall–Kier alpha value is -0.180. The van der Waals surface area contributed by atoms with Gasteiger partial charge in [-0.3, -0.25) is 4.98 Å². The molecule has 88 valence electrons. The summed E-state index contributed by atoms with van der Waals surface area (Å²) in [6, 6.07) is 4.82. The molecule has 2 aromatic rings. The van der Waals surface area contributed by atoms with Crippen molar-refractivity contribution in [2.75, 3.05) is 0 Å². The highest BCUT2D eigenvalue weighted by Gasteiger charge is 2.16. The highest BCUT2D eigenvalue weighted by atomic mass is 35.5. The van der Waals surface area contributed by atoms with E-state index in [9.17, 15) is 0 Å². The molecule has 0 bridgehead atoms. The van der Waals surface area contributed by atoms with Gasteiger partial charge in [0.2, 0.25) is 0 Å². The van der Waals surface area contributed by atoms with Crippen LogP contribution < -0.4 is 0 Å². The zero-order valence-electron chi connectivity index (χ0n) is 8.15. The fraction of sp³-hybridized carbons (Fsp3) is 0. The molecule has 0 fully saturated rings. The van der Waals surface area contributed by atoms with E-state index in [1.54, 1.807) is 18.2 Å². The van der Waals surface area contributed by atoms with Gasteiger partial charge in [-0.25, -0.2) is 0 Å². The Morgan fingerprint density at radius 1 is 0.824 bits per heavy atom. The summed E-state index contributed by atoms with van der Waals surface area (Å²) in [6.07, 6.45) is 1.47. The van der Waals surface area contributed by atoms with E-state index >= 15 is 0 Å². The fourth-order valence-corrected chi connectivity index (χ4v) is 2.52. The van der Waals surface area contributed by atoms with Crippen LogP contribution in [0.1, 0.15) is 0 Å². The third-order valence-corrected chi connectivity index (χ3v) is 3.70. The molecule has 2 rings (SSSR count). The molecule has 1 aromatic heterocycles. The van der Waals surface area contributed by atoms with Crippen LogP contribution in [0, 0.1) is 0 Å². The first-order valence-electron chi connectivity index (χ1n) is 4.45. The number of hydrogen-bond acceptors (Lipinski definition) is 1. The van der Waals surface area contributed by atoms with Crippen LogP contribution in [0.5, 0.6) is 0 Å². The average molecular weight is 327 g/mol. The number of nitrogens with zero attached hydrogens (tertiary/aromatic N) is 1. The third-order valence-electron chi connectivity index (χ3n) is 2.09. The number of hydrogen-bond donors (Lipinski definition) is 0. The predicted molar refractivity (Wildman–Crippen MR) is 74.7 cm³/mol. The van der Waals surface area contributed by atoms with E-state index in [4.69, 9.17) is 58.0 Å². The van der Waals surface area contributed by atoms with Gasteiger partial charge >= 0.3 is 0 Å². The van der Waals surface area contributed by atoms with Crippen molar-refractivity contribution in [3.63, 3.8) is 0 Å². The summed E-state index contributed by atoms with van der Waals surface area (Å²) in [5.74, 6) is 0. The van der Waals surface area contributed by atoms with E-state index in [1.807, 2.05) is 0 Å². The Kier molecular flexibility index (Phi) is 4.06. The van der Waals surface area contributed by atoms with E-state index < -0.39 is 0 Å². The summed E-state index contributed by atoms with van der Waals surface area (Å²) >= 11 is 29.9. The summed E-state index contributed by atoms with van der Waals surface area (Å²) in [7, 11) is 0. The molecule has 0 radical (unpaired) electrons. The lowest BCUT2D eigenvalue weighted by molar-refractivity contribution is 1.33. The minimum Gasteiger partial charge on any atom is -0.253 e. The maximum absolute atomic E-state index is 6.10. The molecule has 0 atom stereocenters. The van der Waals surface area contributed by atoms with Gasteiger partial charge in [-0.2, -0.15) is 0 Å². The highest BCUT2D eigenvalue weighted by Crippen LogP contribution is 2.41. The van der Waals surface area contributed by atoms with Crippen LogP contribution >= 0.6 is 58.0 Å². The van der Waals surface area contributed by atoms with Crippen LogP contribution in [0.25, 0.3) is 11.3 Å². The molecule has 0 aliphatic heterocycles. The molecule has 0 amide bonds. The standard InChI is InChI=1S/C11H4Cl5N/c12-5-3-8(15)11(17-4-5)9-6(13)1-2-7(14)10(9)16/h1-4H. The second-order valence-electron chi connectivity index (χ2n) is 3.20. The van der Waals surface area contributed by atoms with Crippen LogP contribution in [0.2, 0.25) is 25.1 Å². The van der Waals surface area contributed by atoms with E-state index in [0.717, 1.165) is 0 Å². The molecule has 0 unspecified atom stereocenters. The predicted octanol–water partition coefficient (Wildman–Crippen LogP) is 6.02. The number of pyridine rings is 1. The van der Waals surface area contributed by atoms with Crippen molar-refractivity contribution in [3.05, 3.63) is 49.5 Å². The van der Waals surface area contributed by atoms with Crippen molar-refractivity contribution in [1.29, 1.82) is 0 Å². The smallest absolute Gasteiger partial charge is 0.0919 e. The molecule has 6 heteroatoms. The second kappa shape index (κ2) is 5.21. The van der Waals surface area contributed by atoms with E-state index in [1.165, 1.54) is 6.20 Å². The first-order chi connectivity index (χ1) is 8.00. The minimum atomic E-state index is 0.316. The molecule has 0 saturated heterocycles. The lowest BCUT2D eigenvalue weighted by Crippen LogP contribution is -1.88. The zero-order chi connectivity index (χ0) is 12.6. The molecule has 0 saturated carbocycles. The van der Waals surface area contributed by atoms with E-state index in [2.05, 4.69) is 4.98 Å². The Balaban J connectivity index is 2.72. The van der Waals surface area contributed by atoms with Gasteiger partial charge in [0.25, 0.3) is 0 Å². The van der Waals surface area contributed by atoms with Gasteiger partial charge in [0.1, 0.15) is 0 Å². The van der Waals surface area contributed by atoms with Gasteiger partial charge in [-0.05, 0) is 18.2 Å². The molecular formula is C11H4Cl5N. The van der Waals surface area contributed by atoms with Gasteiger partial charge in [0.05, 0.1) is 30.8 Å². The lowest BCUT2D eigenvalue weighted by Gasteiger charge is -2.09. The average Bonchev–Trinajstić information content (AvgIpc) is 2.27. The first-order valence-corrected chi connectivity index (χ1v) is 6.34.